The molecule has 4 atom stereocenters. The summed E-state index contributed by atoms with van der Waals surface area (Å²) >= 11 is 6.20. The van der Waals surface area contributed by atoms with Crippen LogP contribution in [0.3, 0.4) is 0 Å². The van der Waals surface area contributed by atoms with Gasteiger partial charge in [-0.15, -0.1) is 0 Å². The van der Waals surface area contributed by atoms with Gasteiger partial charge in [-0.05, 0) is 69.0 Å². The Labute approximate surface area is 187 Å². The van der Waals surface area contributed by atoms with Crippen LogP contribution < -0.4 is 10.5 Å². The van der Waals surface area contributed by atoms with E-state index in [1.54, 1.807) is 6.20 Å². The first-order chi connectivity index (χ1) is 15.1. The average Bonchev–Trinajstić information content (AvgIpc) is 3.45. The van der Waals surface area contributed by atoms with Crippen molar-refractivity contribution < 1.29 is 9.47 Å². The summed E-state index contributed by atoms with van der Waals surface area (Å²) in [6.07, 6.45) is 9.52. The molecule has 1 aromatic heterocycles. The van der Waals surface area contributed by atoms with Crippen LogP contribution in [0, 0.1) is 5.92 Å². The summed E-state index contributed by atoms with van der Waals surface area (Å²) in [4.78, 5) is 11.9. The molecular formula is C24H27ClN4O2. The van der Waals surface area contributed by atoms with Crippen LogP contribution in [0.5, 0.6) is 5.75 Å². The average molecular weight is 439 g/mol. The maximum absolute atomic E-state index is 6.56. The van der Waals surface area contributed by atoms with E-state index in [2.05, 4.69) is 28.1 Å². The van der Waals surface area contributed by atoms with Crippen molar-refractivity contribution in [3.63, 3.8) is 0 Å². The number of rotatable bonds is 2. The molecule has 1 spiro atoms. The normalized spacial score (nSPS) is 32.2. The van der Waals surface area contributed by atoms with Gasteiger partial charge in [0.15, 0.2) is 0 Å². The lowest BCUT2D eigenvalue weighted by Gasteiger charge is -2.49. The second-order valence-corrected chi connectivity index (χ2v) is 9.67. The molecular weight excluding hydrogens is 412 g/mol. The summed E-state index contributed by atoms with van der Waals surface area (Å²) in [7, 11) is 0. The molecule has 4 heterocycles. The standard InChI is InChI=1S/C24H27ClN4O2/c25-17-9-16(12-27-13-17)15-3-5-21-19(10-15)24(14-30-23(26)28-24)20-11-18(4-6-22(20)31-21)29-7-1-2-8-29/h3,5,9-10,12-13,18,20,22H,1-2,4,6-8,11,14H2,(H2,26,28)/t18-,20-,22-,24?/m0/s1. The predicted octanol–water partition coefficient (Wildman–Crippen LogP) is 3.97. The molecule has 1 aliphatic carbocycles. The third-order valence-corrected chi connectivity index (χ3v) is 7.75. The number of hydrogen-bond donors (Lipinski definition) is 1. The first kappa shape index (κ1) is 19.4. The number of amidine groups is 1. The molecule has 31 heavy (non-hydrogen) atoms. The Kier molecular flexibility index (Phi) is 4.62. The third-order valence-electron chi connectivity index (χ3n) is 7.54. The number of aromatic nitrogens is 1. The molecule has 0 amide bonds. The minimum Gasteiger partial charge on any atom is -0.490 e. The lowest BCUT2D eigenvalue weighted by atomic mass is 9.66. The van der Waals surface area contributed by atoms with Crippen molar-refractivity contribution in [3.05, 3.63) is 47.2 Å². The van der Waals surface area contributed by atoms with Crippen LogP contribution in [0.15, 0.2) is 41.7 Å². The van der Waals surface area contributed by atoms with Crippen LogP contribution in [0.2, 0.25) is 5.02 Å². The molecule has 0 radical (unpaired) electrons. The first-order valence-corrected chi connectivity index (χ1v) is 11.6. The molecule has 6 nitrogen and oxygen atoms in total. The minimum atomic E-state index is -0.497. The lowest BCUT2D eigenvalue weighted by molar-refractivity contribution is -0.0193. The fourth-order valence-electron chi connectivity index (χ4n) is 6.06. The van der Waals surface area contributed by atoms with Gasteiger partial charge >= 0.3 is 0 Å². The maximum Gasteiger partial charge on any atom is 0.283 e. The van der Waals surface area contributed by atoms with Gasteiger partial charge < -0.3 is 20.1 Å². The van der Waals surface area contributed by atoms with Crippen LogP contribution in [0.4, 0.5) is 0 Å². The number of nitrogens with two attached hydrogens (primary N) is 1. The fraction of sp³-hybridized carbons (Fsp3) is 0.500. The molecule has 2 aromatic rings. The molecule has 1 unspecified atom stereocenters. The molecule has 2 fully saturated rings. The number of likely N-dealkylation sites (tertiary alicyclic amines) is 1. The van der Waals surface area contributed by atoms with E-state index in [0.29, 0.717) is 17.7 Å². The minimum absolute atomic E-state index is 0.142. The topological polar surface area (TPSA) is 73.0 Å². The highest BCUT2D eigenvalue weighted by Crippen LogP contribution is 2.53. The molecule has 3 aliphatic heterocycles. The summed E-state index contributed by atoms with van der Waals surface area (Å²) in [5.74, 6) is 1.13. The second-order valence-electron chi connectivity index (χ2n) is 9.24. The number of halogens is 1. The van der Waals surface area contributed by atoms with Crippen molar-refractivity contribution >= 4 is 17.6 Å². The monoisotopic (exact) mass is 438 g/mol. The van der Waals surface area contributed by atoms with Crippen molar-refractivity contribution in [1.29, 1.82) is 0 Å². The van der Waals surface area contributed by atoms with E-state index in [4.69, 9.17) is 31.8 Å². The molecule has 1 saturated carbocycles. The van der Waals surface area contributed by atoms with E-state index in [9.17, 15) is 0 Å². The summed E-state index contributed by atoms with van der Waals surface area (Å²) < 4.78 is 12.4. The van der Waals surface area contributed by atoms with Crippen LogP contribution in [0.25, 0.3) is 11.1 Å². The molecule has 4 aliphatic rings. The van der Waals surface area contributed by atoms with Gasteiger partial charge in [0, 0.05) is 35.5 Å². The highest BCUT2D eigenvalue weighted by Gasteiger charge is 2.56. The van der Waals surface area contributed by atoms with Crippen molar-refractivity contribution in [2.24, 2.45) is 16.6 Å². The van der Waals surface area contributed by atoms with E-state index in [0.717, 1.165) is 35.3 Å². The Hall–Kier alpha value is -2.31. The summed E-state index contributed by atoms with van der Waals surface area (Å²) in [6, 6.07) is 9.10. The van der Waals surface area contributed by atoms with Crippen molar-refractivity contribution in [2.75, 3.05) is 19.7 Å². The Balaban J connectivity index is 1.43. The molecule has 6 rings (SSSR count). The molecule has 0 bridgehead atoms. The van der Waals surface area contributed by atoms with Gasteiger partial charge in [0.1, 0.15) is 24.0 Å². The Morgan fingerprint density at radius 3 is 2.74 bits per heavy atom. The number of benzene rings is 1. The van der Waals surface area contributed by atoms with Gasteiger partial charge in [-0.3, -0.25) is 4.98 Å². The van der Waals surface area contributed by atoms with E-state index in [1.165, 1.54) is 32.4 Å². The highest BCUT2D eigenvalue weighted by atomic mass is 35.5. The van der Waals surface area contributed by atoms with Crippen LogP contribution >= 0.6 is 11.6 Å². The van der Waals surface area contributed by atoms with E-state index in [1.807, 2.05) is 12.3 Å². The van der Waals surface area contributed by atoms with Gasteiger partial charge in [-0.2, -0.15) is 0 Å². The highest BCUT2D eigenvalue weighted by molar-refractivity contribution is 6.30. The van der Waals surface area contributed by atoms with Crippen LogP contribution in [0.1, 0.15) is 37.7 Å². The van der Waals surface area contributed by atoms with E-state index >= 15 is 0 Å². The molecule has 7 heteroatoms. The zero-order chi connectivity index (χ0) is 21.0. The van der Waals surface area contributed by atoms with Crippen molar-refractivity contribution in [3.8, 4) is 16.9 Å². The van der Waals surface area contributed by atoms with Gasteiger partial charge in [-0.25, -0.2) is 4.99 Å². The first-order valence-electron chi connectivity index (χ1n) is 11.3. The summed E-state index contributed by atoms with van der Waals surface area (Å²) in [5, 5.41) is 0.619. The lowest BCUT2D eigenvalue weighted by Crippen LogP contribution is -2.54. The van der Waals surface area contributed by atoms with E-state index in [-0.39, 0.29) is 18.0 Å². The van der Waals surface area contributed by atoms with Crippen molar-refractivity contribution in [1.82, 2.24) is 9.88 Å². The van der Waals surface area contributed by atoms with Gasteiger partial charge in [0.25, 0.3) is 6.02 Å². The Bertz CT molecular complexity index is 1040. The number of nitrogens with zero attached hydrogens (tertiary/aromatic N) is 3. The zero-order valence-electron chi connectivity index (χ0n) is 17.5. The van der Waals surface area contributed by atoms with Crippen LogP contribution in [-0.2, 0) is 10.3 Å². The van der Waals surface area contributed by atoms with Gasteiger partial charge in [-0.1, -0.05) is 17.7 Å². The number of aliphatic imine (C=N–C) groups is 1. The number of ether oxygens (including phenoxy) is 2. The van der Waals surface area contributed by atoms with Crippen molar-refractivity contribution in [2.45, 2.75) is 49.8 Å². The SMILES string of the molecule is NC1=NC2(CO1)c1cc(-c3cncc(Cl)c3)ccc1O[C@H]1CC[C@H](N3CCCC3)C[C@@H]12. The second kappa shape index (κ2) is 7.38. The zero-order valence-corrected chi connectivity index (χ0v) is 18.2. The fourth-order valence-corrected chi connectivity index (χ4v) is 6.23. The summed E-state index contributed by atoms with van der Waals surface area (Å²) in [5.41, 5.74) is 8.68. The largest absolute Gasteiger partial charge is 0.490 e. The number of pyridine rings is 1. The third kappa shape index (κ3) is 3.19. The van der Waals surface area contributed by atoms with Gasteiger partial charge in [0.2, 0.25) is 0 Å². The summed E-state index contributed by atoms with van der Waals surface area (Å²) in [6.45, 7) is 2.89. The Morgan fingerprint density at radius 1 is 1.10 bits per heavy atom. The Morgan fingerprint density at radius 2 is 1.97 bits per heavy atom. The number of hydrogen-bond acceptors (Lipinski definition) is 6. The quantitative estimate of drug-likeness (QED) is 0.768. The van der Waals surface area contributed by atoms with Crippen LogP contribution in [-0.4, -0.2) is 47.7 Å². The molecule has 1 saturated heterocycles. The van der Waals surface area contributed by atoms with E-state index < -0.39 is 5.54 Å². The smallest absolute Gasteiger partial charge is 0.283 e. The maximum atomic E-state index is 6.56. The molecule has 2 N–H and O–H groups in total. The predicted molar refractivity (Wildman–Crippen MR) is 120 cm³/mol. The molecule has 1 aromatic carbocycles. The number of fused-ring (bicyclic) bond motifs is 4. The molecule has 162 valence electrons. The van der Waals surface area contributed by atoms with Gasteiger partial charge in [0.05, 0.1) is 5.02 Å².